The minimum absolute atomic E-state index is 0.0878. The van der Waals surface area contributed by atoms with E-state index in [0.29, 0.717) is 11.3 Å². The maximum absolute atomic E-state index is 13.0. The summed E-state index contributed by atoms with van der Waals surface area (Å²) in [6.07, 6.45) is 0. The summed E-state index contributed by atoms with van der Waals surface area (Å²) in [6, 6.07) is 10.6. The lowest BCUT2D eigenvalue weighted by molar-refractivity contribution is 0.304. The highest BCUT2D eigenvalue weighted by Gasteiger charge is 2.04. The van der Waals surface area contributed by atoms with E-state index in [2.05, 4.69) is 0 Å². The monoisotopic (exact) mass is 263 g/mol. The SMILES string of the molecule is CC(N)c1cccc(OCc2cc(F)cc(F)c2)c1. The third kappa shape index (κ3) is 3.76. The van der Waals surface area contributed by atoms with Crippen molar-refractivity contribution in [2.45, 2.75) is 19.6 Å². The van der Waals surface area contributed by atoms with Crippen LogP contribution in [0.5, 0.6) is 5.75 Å². The van der Waals surface area contributed by atoms with Gasteiger partial charge in [0.1, 0.15) is 24.0 Å². The molecule has 0 aliphatic carbocycles. The Morgan fingerprint density at radius 2 is 1.79 bits per heavy atom. The number of hydrogen-bond donors (Lipinski definition) is 1. The maximum atomic E-state index is 13.0. The molecule has 2 rings (SSSR count). The number of halogens is 2. The van der Waals surface area contributed by atoms with E-state index in [1.54, 1.807) is 6.07 Å². The average Bonchev–Trinajstić information content (AvgIpc) is 2.35. The second kappa shape index (κ2) is 5.80. The molecule has 0 aliphatic heterocycles. The van der Waals surface area contributed by atoms with Crippen LogP contribution in [-0.4, -0.2) is 0 Å². The van der Waals surface area contributed by atoms with Gasteiger partial charge in [-0.15, -0.1) is 0 Å². The quantitative estimate of drug-likeness (QED) is 0.915. The Labute approximate surface area is 110 Å². The van der Waals surface area contributed by atoms with Gasteiger partial charge in [0.25, 0.3) is 0 Å². The van der Waals surface area contributed by atoms with E-state index >= 15 is 0 Å². The van der Waals surface area contributed by atoms with Crippen LogP contribution in [0.2, 0.25) is 0 Å². The molecular formula is C15H15F2NO. The van der Waals surface area contributed by atoms with Crippen LogP contribution in [0.25, 0.3) is 0 Å². The first-order valence-corrected chi connectivity index (χ1v) is 5.98. The Morgan fingerprint density at radius 1 is 1.11 bits per heavy atom. The number of nitrogens with two attached hydrogens (primary N) is 1. The van der Waals surface area contributed by atoms with E-state index in [4.69, 9.17) is 10.5 Å². The van der Waals surface area contributed by atoms with Gasteiger partial charge < -0.3 is 10.5 Å². The first-order valence-electron chi connectivity index (χ1n) is 5.98. The normalized spacial score (nSPS) is 12.2. The molecule has 2 aromatic carbocycles. The van der Waals surface area contributed by atoms with Crippen LogP contribution in [0.4, 0.5) is 8.78 Å². The lowest BCUT2D eigenvalue weighted by Gasteiger charge is -2.10. The summed E-state index contributed by atoms with van der Waals surface area (Å²) in [5.74, 6) is -0.592. The maximum Gasteiger partial charge on any atom is 0.126 e. The van der Waals surface area contributed by atoms with Crippen LogP contribution in [0.15, 0.2) is 42.5 Å². The molecule has 0 saturated heterocycles. The zero-order valence-electron chi connectivity index (χ0n) is 10.6. The average molecular weight is 263 g/mol. The molecule has 0 bridgehead atoms. The summed E-state index contributed by atoms with van der Waals surface area (Å²) in [5, 5.41) is 0. The predicted octanol–water partition coefficient (Wildman–Crippen LogP) is 3.56. The second-order valence-corrected chi connectivity index (χ2v) is 4.43. The van der Waals surface area contributed by atoms with Crippen LogP contribution in [0.1, 0.15) is 24.1 Å². The third-order valence-corrected chi connectivity index (χ3v) is 2.71. The molecular weight excluding hydrogens is 248 g/mol. The molecule has 0 spiro atoms. The smallest absolute Gasteiger partial charge is 0.126 e. The highest BCUT2D eigenvalue weighted by molar-refractivity contribution is 5.30. The number of benzene rings is 2. The van der Waals surface area contributed by atoms with E-state index in [0.717, 1.165) is 11.6 Å². The summed E-state index contributed by atoms with van der Waals surface area (Å²) in [4.78, 5) is 0. The minimum Gasteiger partial charge on any atom is -0.489 e. The van der Waals surface area contributed by atoms with Crippen LogP contribution in [-0.2, 0) is 6.61 Å². The van der Waals surface area contributed by atoms with Gasteiger partial charge in [-0.05, 0) is 42.3 Å². The van der Waals surface area contributed by atoms with Crippen molar-refractivity contribution in [3.8, 4) is 5.75 Å². The van der Waals surface area contributed by atoms with Gasteiger partial charge in [0, 0.05) is 12.1 Å². The van der Waals surface area contributed by atoms with Crippen LogP contribution < -0.4 is 10.5 Å². The molecule has 0 fully saturated rings. The van der Waals surface area contributed by atoms with Crippen molar-refractivity contribution in [2.24, 2.45) is 5.73 Å². The predicted molar refractivity (Wildman–Crippen MR) is 69.7 cm³/mol. The molecule has 0 heterocycles. The fourth-order valence-corrected chi connectivity index (χ4v) is 1.75. The number of rotatable bonds is 4. The van der Waals surface area contributed by atoms with E-state index < -0.39 is 11.6 Å². The molecule has 1 atom stereocenters. The fraction of sp³-hybridized carbons (Fsp3) is 0.200. The molecule has 0 aromatic heterocycles. The van der Waals surface area contributed by atoms with Crippen LogP contribution in [0.3, 0.4) is 0 Å². The zero-order chi connectivity index (χ0) is 13.8. The van der Waals surface area contributed by atoms with Crippen molar-refractivity contribution in [1.29, 1.82) is 0 Å². The summed E-state index contributed by atoms with van der Waals surface area (Å²) in [5.41, 5.74) is 7.17. The lowest BCUT2D eigenvalue weighted by Crippen LogP contribution is -2.05. The van der Waals surface area contributed by atoms with E-state index in [9.17, 15) is 8.78 Å². The zero-order valence-corrected chi connectivity index (χ0v) is 10.6. The molecule has 0 aliphatic rings. The fourth-order valence-electron chi connectivity index (χ4n) is 1.75. The van der Waals surface area contributed by atoms with Crippen molar-refractivity contribution in [3.63, 3.8) is 0 Å². The van der Waals surface area contributed by atoms with Crippen LogP contribution >= 0.6 is 0 Å². The Morgan fingerprint density at radius 3 is 2.42 bits per heavy atom. The van der Waals surface area contributed by atoms with Gasteiger partial charge in [0.15, 0.2) is 0 Å². The second-order valence-electron chi connectivity index (χ2n) is 4.43. The Kier molecular flexibility index (Phi) is 4.12. The van der Waals surface area contributed by atoms with Gasteiger partial charge in [-0.1, -0.05) is 12.1 Å². The number of hydrogen-bond acceptors (Lipinski definition) is 2. The van der Waals surface area contributed by atoms with Gasteiger partial charge in [0.05, 0.1) is 0 Å². The molecule has 0 radical (unpaired) electrons. The molecule has 2 aromatic rings. The highest BCUT2D eigenvalue weighted by Crippen LogP contribution is 2.19. The van der Waals surface area contributed by atoms with Crippen molar-refractivity contribution < 1.29 is 13.5 Å². The Hall–Kier alpha value is -1.94. The topological polar surface area (TPSA) is 35.2 Å². The molecule has 2 nitrogen and oxygen atoms in total. The molecule has 2 N–H and O–H groups in total. The van der Waals surface area contributed by atoms with E-state index in [1.165, 1.54) is 12.1 Å². The molecule has 100 valence electrons. The van der Waals surface area contributed by atoms with Gasteiger partial charge in [-0.25, -0.2) is 8.78 Å². The molecule has 4 heteroatoms. The molecule has 0 amide bonds. The first kappa shape index (κ1) is 13.5. The van der Waals surface area contributed by atoms with Gasteiger partial charge in [-0.3, -0.25) is 0 Å². The summed E-state index contributed by atoms with van der Waals surface area (Å²) in [6.45, 7) is 1.98. The van der Waals surface area contributed by atoms with Crippen molar-refractivity contribution in [3.05, 3.63) is 65.2 Å². The number of ether oxygens (including phenoxy) is 1. The highest BCUT2D eigenvalue weighted by atomic mass is 19.1. The van der Waals surface area contributed by atoms with Crippen molar-refractivity contribution >= 4 is 0 Å². The standard InChI is InChI=1S/C15H15F2NO/c1-10(18)12-3-2-4-15(7-12)19-9-11-5-13(16)8-14(17)6-11/h2-8,10H,9,18H2,1H3. The Bertz CT molecular complexity index is 550. The Balaban J connectivity index is 2.07. The van der Waals surface area contributed by atoms with Gasteiger partial charge in [-0.2, -0.15) is 0 Å². The van der Waals surface area contributed by atoms with Gasteiger partial charge >= 0.3 is 0 Å². The lowest BCUT2D eigenvalue weighted by atomic mass is 10.1. The van der Waals surface area contributed by atoms with Crippen LogP contribution in [0, 0.1) is 11.6 Å². The van der Waals surface area contributed by atoms with E-state index in [-0.39, 0.29) is 12.6 Å². The largest absolute Gasteiger partial charge is 0.489 e. The summed E-state index contributed by atoms with van der Waals surface area (Å²) in [7, 11) is 0. The van der Waals surface area contributed by atoms with E-state index in [1.807, 2.05) is 25.1 Å². The summed E-state index contributed by atoms with van der Waals surface area (Å²) < 4.78 is 31.5. The van der Waals surface area contributed by atoms with Gasteiger partial charge in [0.2, 0.25) is 0 Å². The minimum atomic E-state index is -0.608. The molecule has 1 unspecified atom stereocenters. The first-order chi connectivity index (χ1) is 9.04. The third-order valence-electron chi connectivity index (χ3n) is 2.71. The summed E-state index contributed by atoms with van der Waals surface area (Å²) >= 11 is 0. The molecule has 19 heavy (non-hydrogen) atoms. The van der Waals surface area contributed by atoms with Crippen molar-refractivity contribution in [2.75, 3.05) is 0 Å². The molecule has 0 saturated carbocycles. The van der Waals surface area contributed by atoms with Crippen molar-refractivity contribution in [1.82, 2.24) is 0 Å².